The third-order valence-electron chi connectivity index (χ3n) is 3.01. The van der Waals surface area contributed by atoms with Crippen LogP contribution in [0.4, 0.5) is 5.69 Å². The van der Waals surface area contributed by atoms with E-state index >= 15 is 0 Å². The highest BCUT2D eigenvalue weighted by molar-refractivity contribution is 7.89. The molecular formula is C13H21ClN2O2S. The Kier molecular flexibility index (Phi) is 5.64. The van der Waals surface area contributed by atoms with Crippen molar-refractivity contribution in [2.24, 2.45) is 0 Å². The first-order valence-corrected chi connectivity index (χ1v) is 8.22. The smallest absolute Gasteiger partial charge is 0.243 e. The van der Waals surface area contributed by atoms with Gasteiger partial charge in [0.05, 0.1) is 15.6 Å². The van der Waals surface area contributed by atoms with E-state index in [2.05, 4.69) is 0 Å². The van der Waals surface area contributed by atoms with Gasteiger partial charge in [0.1, 0.15) is 0 Å². The minimum absolute atomic E-state index is 0.213. The van der Waals surface area contributed by atoms with Crippen molar-refractivity contribution in [3.63, 3.8) is 0 Å². The van der Waals surface area contributed by atoms with E-state index in [0.717, 1.165) is 12.8 Å². The molecule has 108 valence electrons. The molecule has 1 aromatic rings. The lowest BCUT2D eigenvalue weighted by Gasteiger charge is -2.21. The standard InChI is InChI=1S/C13H21ClN2O2S/c1-4-6-7-16(5-2)19(17,18)11-8-10(3)13(14)12(15)9-11/h8-9H,4-7,15H2,1-3H3. The SMILES string of the molecule is CCCCN(CC)S(=O)(=O)c1cc(C)c(Cl)c(N)c1. The first-order valence-electron chi connectivity index (χ1n) is 6.40. The maximum atomic E-state index is 12.5. The van der Waals surface area contributed by atoms with Crippen LogP contribution >= 0.6 is 11.6 Å². The summed E-state index contributed by atoms with van der Waals surface area (Å²) >= 11 is 5.96. The lowest BCUT2D eigenvalue weighted by atomic mass is 10.2. The molecule has 0 aliphatic rings. The Morgan fingerprint density at radius 3 is 2.42 bits per heavy atom. The molecular weight excluding hydrogens is 284 g/mol. The van der Waals surface area contributed by atoms with Gasteiger partial charge in [-0.15, -0.1) is 0 Å². The van der Waals surface area contributed by atoms with Crippen LogP contribution in [0.25, 0.3) is 0 Å². The Balaban J connectivity index is 3.18. The molecule has 0 spiro atoms. The Hall–Kier alpha value is -0.780. The highest BCUT2D eigenvalue weighted by Crippen LogP contribution is 2.28. The Morgan fingerprint density at radius 1 is 1.32 bits per heavy atom. The molecule has 0 saturated carbocycles. The average molecular weight is 305 g/mol. The third kappa shape index (κ3) is 3.61. The van der Waals surface area contributed by atoms with Crippen LogP contribution in [0.3, 0.4) is 0 Å². The monoisotopic (exact) mass is 304 g/mol. The summed E-state index contributed by atoms with van der Waals surface area (Å²) in [5.74, 6) is 0. The molecule has 0 heterocycles. The van der Waals surface area contributed by atoms with Crippen molar-refractivity contribution in [3.8, 4) is 0 Å². The molecule has 4 nitrogen and oxygen atoms in total. The lowest BCUT2D eigenvalue weighted by Crippen LogP contribution is -2.32. The fourth-order valence-corrected chi connectivity index (χ4v) is 3.56. The first kappa shape index (κ1) is 16.3. The summed E-state index contributed by atoms with van der Waals surface area (Å²) in [7, 11) is -3.49. The first-order chi connectivity index (χ1) is 8.84. The van der Waals surface area contributed by atoms with E-state index < -0.39 is 10.0 Å². The van der Waals surface area contributed by atoms with Gasteiger partial charge in [-0.1, -0.05) is 31.9 Å². The molecule has 0 fully saturated rings. The van der Waals surface area contributed by atoms with Crippen molar-refractivity contribution in [2.75, 3.05) is 18.8 Å². The molecule has 0 saturated heterocycles. The van der Waals surface area contributed by atoms with Gasteiger partial charge < -0.3 is 5.73 Å². The zero-order valence-electron chi connectivity index (χ0n) is 11.6. The second kappa shape index (κ2) is 6.59. The van der Waals surface area contributed by atoms with Gasteiger partial charge >= 0.3 is 0 Å². The van der Waals surface area contributed by atoms with Gasteiger partial charge in [-0.3, -0.25) is 0 Å². The zero-order valence-corrected chi connectivity index (χ0v) is 13.2. The fraction of sp³-hybridized carbons (Fsp3) is 0.538. The molecule has 0 aliphatic carbocycles. The second-order valence-corrected chi connectivity index (χ2v) is 6.81. The van der Waals surface area contributed by atoms with Crippen LogP contribution in [0, 0.1) is 6.92 Å². The van der Waals surface area contributed by atoms with Gasteiger partial charge in [0.15, 0.2) is 0 Å². The quantitative estimate of drug-likeness (QED) is 0.822. The molecule has 1 aromatic carbocycles. The van der Waals surface area contributed by atoms with E-state index in [9.17, 15) is 8.42 Å². The number of nitrogens with two attached hydrogens (primary N) is 1. The number of nitrogen functional groups attached to an aromatic ring is 1. The van der Waals surface area contributed by atoms with E-state index in [1.165, 1.54) is 10.4 Å². The van der Waals surface area contributed by atoms with E-state index in [1.54, 1.807) is 13.0 Å². The van der Waals surface area contributed by atoms with Gasteiger partial charge in [-0.25, -0.2) is 8.42 Å². The van der Waals surface area contributed by atoms with Gasteiger partial charge in [-0.2, -0.15) is 4.31 Å². The minimum atomic E-state index is -3.49. The van der Waals surface area contributed by atoms with Crippen molar-refractivity contribution < 1.29 is 8.42 Å². The van der Waals surface area contributed by atoms with Gasteiger partial charge in [0.25, 0.3) is 0 Å². The van der Waals surface area contributed by atoms with Crippen LogP contribution in [0.5, 0.6) is 0 Å². The Labute approximate surface area is 120 Å². The molecule has 0 radical (unpaired) electrons. The van der Waals surface area contributed by atoms with Crippen molar-refractivity contribution in [3.05, 3.63) is 22.7 Å². The van der Waals surface area contributed by atoms with Crippen LogP contribution in [0.2, 0.25) is 5.02 Å². The number of sulfonamides is 1. The molecule has 0 atom stereocenters. The third-order valence-corrected chi connectivity index (χ3v) is 5.48. The van der Waals surface area contributed by atoms with Gasteiger partial charge in [0, 0.05) is 13.1 Å². The Morgan fingerprint density at radius 2 is 1.95 bits per heavy atom. The molecule has 0 bridgehead atoms. The molecule has 6 heteroatoms. The van der Waals surface area contributed by atoms with Crippen LogP contribution < -0.4 is 5.73 Å². The number of benzene rings is 1. The van der Waals surface area contributed by atoms with E-state index in [4.69, 9.17) is 17.3 Å². The highest BCUT2D eigenvalue weighted by atomic mass is 35.5. The summed E-state index contributed by atoms with van der Waals surface area (Å²) in [6, 6.07) is 3.00. The predicted octanol–water partition coefficient (Wildman–Crippen LogP) is 3.04. The molecule has 19 heavy (non-hydrogen) atoms. The number of rotatable bonds is 6. The van der Waals surface area contributed by atoms with Crippen LogP contribution in [0.1, 0.15) is 32.3 Å². The minimum Gasteiger partial charge on any atom is -0.397 e. The fourth-order valence-electron chi connectivity index (χ4n) is 1.84. The second-order valence-electron chi connectivity index (χ2n) is 4.49. The summed E-state index contributed by atoms with van der Waals surface area (Å²) in [5, 5.41) is 0.413. The van der Waals surface area contributed by atoms with Crippen LogP contribution in [-0.4, -0.2) is 25.8 Å². The van der Waals surface area contributed by atoms with E-state index in [0.29, 0.717) is 29.4 Å². The topological polar surface area (TPSA) is 63.4 Å². The predicted molar refractivity (Wildman–Crippen MR) is 79.9 cm³/mol. The largest absolute Gasteiger partial charge is 0.397 e. The number of halogens is 1. The summed E-state index contributed by atoms with van der Waals surface area (Å²) in [6.45, 7) is 6.59. The summed E-state index contributed by atoms with van der Waals surface area (Å²) in [5.41, 5.74) is 6.72. The Bertz CT molecular complexity index is 521. The van der Waals surface area contributed by atoms with Crippen molar-refractivity contribution in [2.45, 2.75) is 38.5 Å². The van der Waals surface area contributed by atoms with Crippen LogP contribution in [-0.2, 0) is 10.0 Å². The maximum absolute atomic E-state index is 12.5. The summed E-state index contributed by atoms with van der Waals surface area (Å²) < 4.78 is 26.5. The summed E-state index contributed by atoms with van der Waals surface area (Å²) in [4.78, 5) is 0.213. The van der Waals surface area contributed by atoms with Crippen molar-refractivity contribution in [1.82, 2.24) is 4.31 Å². The van der Waals surface area contributed by atoms with E-state index in [-0.39, 0.29) is 4.90 Å². The zero-order chi connectivity index (χ0) is 14.6. The maximum Gasteiger partial charge on any atom is 0.243 e. The number of anilines is 1. The normalized spacial score (nSPS) is 12.1. The highest BCUT2D eigenvalue weighted by Gasteiger charge is 2.23. The molecule has 0 amide bonds. The molecule has 2 N–H and O–H groups in total. The molecule has 0 aliphatic heterocycles. The van der Waals surface area contributed by atoms with E-state index in [1.807, 2.05) is 13.8 Å². The number of nitrogens with zero attached hydrogens (tertiary/aromatic N) is 1. The van der Waals surface area contributed by atoms with Crippen LogP contribution in [0.15, 0.2) is 17.0 Å². The van der Waals surface area contributed by atoms with Gasteiger partial charge in [-0.05, 0) is 31.0 Å². The number of hydrogen-bond donors (Lipinski definition) is 1. The van der Waals surface area contributed by atoms with Gasteiger partial charge in [0.2, 0.25) is 10.0 Å². The van der Waals surface area contributed by atoms with Crippen molar-refractivity contribution >= 4 is 27.3 Å². The van der Waals surface area contributed by atoms with Crippen molar-refractivity contribution in [1.29, 1.82) is 0 Å². The average Bonchev–Trinajstić information content (AvgIpc) is 2.36. The molecule has 1 rings (SSSR count). The lowest BCUT2D eigenvalue weighted by molar-refractivity contribution is 0.419. The molecule has 0 unspecified atom stereocenters. The number of hydrogen-bond acceptors (Lipinski definition) is 3. The molecule has 0 aromatic heterocycles. The number of aryl methyl sites for hydroxylation is 1. The summed E-state index contributed by atoms with van der Waals surface area (Å²) in [6.07, 6.45) is 1.79. The number of unbranched alkanes of at least 4 members (excludes halogenated alkanes) is 1.